The molecule has 0 aliphatic heterocycles. The summed E-state index contributed by atoms with van der Waals surface area (Å²) in [5.74, 6) is 0. The molecule has 19 heavy (non-hydrogen) atoms. The number of halogens is 4. The molecule has 2 aromatic rings. The molecule has 0 saturated carbocycles. The Hall–Kier alpha value is -1.11. The molecule has 0 radical (unpaired) electrons. The molecular formula is C12H9ClF3NOS. The molecule has 0 aromatic carbocycles. The zero-order valence-corrected chi connectivity index (χ0v) is 11.3. The number of thiophene rings is 1. The van der Waals surface area contributed by atoms with E-state index in [1.54, 1.807) is 12.3 Å². The maximum atomic E-state index is 12.9. The Morgan fingerprint density at radius 2 is 2.11 bits per heavy atom. The van der Waals surface area contributed by atoms with E-state index in [9.17, 15) is 18.3 Å². The normalized spacial score (nSPS) is 13.6. The molecule has 102 valence electrons. The number of nitrogens with zero attached hydrogens (tertiary/aromatic N) is 1. The fourth-order valence-electron chi connectivity index (χ4n) is 1.66. The number of hydrogen-bond acceptors (Lipinski definition) is 3. The van der Waals surface area contributed by atoms with Gasteiger partial charge in [-0.05, 0) is 23.9 Å². The van der Waals surface area contributed by atoms with Crippen molar-refractivity contribution in [2.24, 2.45) is 0 Å². The van der Waals surface area contributed by atoms with Crippen molar-refractivity contribution in [2.45, 2.75) is 19.2 Å². The minimum atomic E-state index is -4.54. The highest BCUT2D eigenvalue weighted by atomic mass is 35.5. The van der Waals surface area contributed by atoms with E-state index in [1.165, 1.54) is 0 Å². The SMILES string of the molecule is Cc1csc(C(O)c2cnccc2C(F)(F)F)c1Cl. The van der Waals surface area contributed by atoms with E-state index in [4.69, 9.17) is 11.6 Å². The molecule has 0 fully saturated rings. The lowest BCUT2D eigenvalue weighted by molar-refractivity contribution is -0.139. The van der Waals surface area contributed by atoms with Crippen LogP contribution in [0.1, 0.15) is 27.7 Å². The van der Waals surface area contributed by atoms with Gasteiger partial charge in [-0.3, -0.25) is 4.98 Å². The van der Waals surface area contributed by atoms with Gasteiger partial charge in [0.25, 0.3) is 0 Å². The van der Waals surface area contributed by atoms with Gasteiger partial charge in [0, 0.05) is 18.0 Å². The molecule has 2 nitrogen and oxygen atoms in total. The molecule has 0 spiro atoms. The van der Waals surface area contributed by atoms with Gasteiger partial charge in [-0.25, -0.2) is 0 Å². The first-order valence-corrected chi connectivity index (χ1v) is 6.50. The molecule has 2 aromatic heterocycles. The summed E-state index contributed by atoms with van der Waals surface area (Å²) < 4.78 is 38.6. The first kappa shape index (κ1) is 14.3. The lowest BCUT2D eigenvalue weighted by atomic mass is 10.0. The van der Waals surface area contributed by atoms with Gasteiger partial charge in [-0.2, -0.15) is 13.2 Å². The maximum absolute atomic E-state index is 12.9. The average molecular weight is 308 g/mol. The number of alkyl halides is 3. The van der Waals surface area contributed by atoms with Crippen molar-refractivity contribution in [2.75, 3.05) is 0 Å². The van der Waals surface area contributed by atoms with E-state index in [1.807, 2.05) is 0 Å². The van der Waals surface area contributed by atoms with Crippen molar-refractivity contribution in [3.05, 3.63) is 50.4 Å². The highest BCUT2D eigenvalue weighted by Crippen LogP contribution is 2.40. The number of aliphatic hydroxyl groups excluding tert-OH is 1. The van der Waals surface area contributed by atoms with Gasteiger partial charge in [-0.15, -0.1) is 11.3 Å². The summed E-state index contributed by atoms with van der Waals surface area (Å²) in [5.41, 5.74) is -0.478. The van der Waals surface area contributed by atoms with E-state index in [-0.39, 0.29) is 15.5 Å². The van der Waals surface area contributed by atoms with Crippen molar-refractivity contribution in [3.8, 4) is 0 Å². The number of aryl methyl sites for hydroxylation is 1. The van der Waals surface area contributed by atoms with Gasteiger partial charge in [0.05, 0.1) is 15.5 Å². The summed E-state index contributed by atoms with van der Waals surface area (Å²) in [5, 5.41) is 12.1. The fourth-order valence-corrected chi connectivity index (χ4v) is 2.96. The smallest absolute Gasteiger partial charge is 0.383 e. The van der Waals surface area contributed by atoms with Crippen LogP contribution >= 0.6 is 22.9 Å². The van der Waals surface area contributed by atoms with E-state index < -0.39 is 17.8 Å². The van der Waals surface area contributed by atoms with Crippen LogP contribution in [0.15, 0.2) is 23.8 Å². The first-order valence-electron chi connectivity index (χ1n) is 5.25. The number of aliphatic hydroxyl groups is 1. The predicted molar refractivity (Wildman–Crippen MR) is 67.4 cm³/mol. The van der Waals surface area contributed by atoms with Crippen LogP contribution in [-0.4, -0.2) is 10.1 Å². The van der Waals surface area contributed by atoms with Gasteiger partial charge in [0.2, 0.25) is 0 Å². The predicted octanol–water partition coefficient (Wildman–Crippen LogP) is 4.21. The molecule has 2 heterocycles. The molecule has 1 atom stereocenters. The zero-order valence-electron chi connectivity index (χ0n) is 9.70. The topological polar surface area (TPSA) is 33.1 Å². The molecule has 0 saturated heterocycles. The van der Waals surface area contributed by atoms with Gasteiger partial charge in [0.15, 0.2) is 0 Å². The standard InChI is InChI=1S/C12H9ClF3NOS/c1-6-5-19-11(9(6)13)10(18)7-4-17-3-2-8(7)12(14,15)16/h2-5,10,18H,1H3. The van der Waals surface area contributed by atoms with Crippen LogP contribution in [0, 0.1) is 6.92 Å². The van der Waals surface area contributed by atoms with Crippen LogP contribution < -0.4 is 0 Å². The number of pyridine rings is 1. The summed E-state index contributed by atoms with van der Waals surface area (Å²) in [6.45, 7) is 1.73. The Kier molecular flexibility index (Phi) is 3.85. The Morgan fingerprint density at radius 1 is 1.42 bits per heavy atom. The largest absolute Gasteiger partial charge is 0.416 e. The summed E-state index contributed by atoms with van der Waals surface area (Å²) in [7, 11) is 0. The minimum Gasteiger partial charge on any atom is -0.383 e. The second kappa shape index (κ2) is 5.11. The van der Waals surface area contributed by atoms with Crippen LogP contribution in [0.25, 0.3) is 0 Å². The molecule has 7 heteroatoms. The fraction of sp³-hybridized carbons (Fsp3) is 0.250. The van der Waals surface area contributed by atoms with Crippen LogP contribution in [0.5, 0.6) is 0 Å². The van der Waals surface area contributed by atoms with Crippen molar-refractivity contribution < 1.29 is 18.3 Å². The van der Waals surface area contributed by atoms with E-state index in [0.29, 0.717) is 0 Å². The van der Waals surface area contributed by atoms with Crippen LogP contribution in [0.3, 0.4) is 0 Å². The lowest BCUT2D eigenvalue weighted by Crippen LogP contribution is -2.12. The van der Waals surface area contributed by atoms with Crippen molar-refractivity contribution in [1.82, 2.24) is 4.98 Å². The summed E-state index contributed by atoms with van der Waals surface area (Å²) in [6.07, 6.45) is -3.92. The van der Waals surface area contributed by atoms with Gasteiger partial charge in [-0.1, -0.05) is 11.6 Å². The van der Waals surface area contributed by atoms with Crippen molar-refractivity contribution in [1.29, 1.82) is 0 Å². The molecule has 0 amide bonds. The summed E-state index contributed by atoms with van der Waals surface area (Å²) in [6, 6.07) is 0.840. The lowest BCUT2D eigenvalue weighted by Gasteiger charge is -2.16. The van der Waals surface area contributed by atoms with Crippen LogP contribution in [-0.2, 0) is 6.18 Å². The van der Waals surface area contributed by atoms with E-state index in [0.717, 1.165) is 35.4 Å². The van der Waals surface area contributed by atoms with E-state index >= 15 is 0 Å². The Morgan fingerprint density at radius 3 is 2.63 bits per heavy atom. The second-order valence-electron chi connectivity index (χ2n) is 3.96. The molecule has 2 rings (SSSR count). The Balaban J connectivity index is 2.51. The van der Waals surface area contributed by atoms with Gasteiger partial charge >= 0.3 is 6.18 Å². The average Bonchev–Trinajstić information content (AvgIpc) is 2.68. The maximum Gasteiger partial charge on any atom is 0.416 e. The van der Waals surface area contributed by atoms with Crippen LogP contribution in [0.2, 0.25) is 5.02 Å². The molecular weight excluding hydrogens is 299 g/mol. The third-order valence-electron chi connectivity index (χ3n) is 2.63. The Bertz CT molecular complexity index is 597. The zero-order chi connectivity index (χ0) is 14.2. The van der Waals surface area contributed by atoms with Gasteiger partial charge < -0.3 is 5.11 Å². The summed E-state index contributed by atoms with van der Waals surface area (Å²) >= 11 is 7.09. The number of hydrogen-bond donors (Lipinski definition) is 1. The van der Waals surface area contributed by atoms with Gasteiger partial charge in [0.1, 0.15) is 6.10 Å². The highest BCUT2D eigenvalue weighted by Gasteiger charge is 2.36. The molecule has 1 N–H and O–H groups in total. The molecule has 0 aliphatic carbocycles. The molecule has 0 aliphatic rings. The van der Waals surface area contributed by atoms with Crippen LogP contribution in [0.4, 0.5) is 13.2 Å². The first-order chi connectivity index (χ1) is 8.82. The van der Waals surface area contributed by atoms with E-state index in [2.05, 4.69) is 4.98 Å². The molecule has 1 unspecified atom stereocenters. The third kappa shape index (κ3) is 2.75. The Labute approximate surface area is 116 Å². The van der Waals surface area contributed by atoms with Crippen molar-refractivity contribution >= 4 is 22.9 Å². The quantitative estimate of drug-likeness (QED) is 0.901. The second-order valence-corrected chi connectivity index (χ2v) is 5.25. The highest BCUT2D eigenvalue weighted by molar-refractivity contribution is 7.10. The monoisotopic (exact) mass is 307 g/mol. The number of aromatic nitrogens is 1. The summed E-state index contributed by atoms with van der Waals surface area (Å²) in [4.78, 5) is 3.93. The molecule has 0 bridgehead atoms. The van der Waals surface area contributed by atoms with Crippen molar-refractivity contribution in [3.63, 3.8) is 0 Å². The number of rotatable bonds is 2. The minimum absolute atomic E-state index is 0.287. The third-order valence-corrected chi connectivity index (χ3v) is 4.39.